The minimum atomic E-state index is -0.985. The molecule has 1 N–H and O–H groups in total. The van der Waals surface area contributed by atoms with Gasteiger partial charge in [-0.25, -0.2) is 18.2 Å². The molecular weight excluding hydrogens is 327 g/mol. The minimum Gasteiger partial charge on any atom is -0.361 e. The average molecular weight is 340 g/mol. The Morgan fingerprint density at radius 2 is 1.83 bits per heavy atom. The summed E-state index contributed by atoms with van der Waals surface area (Å²) in [7, 11) is 0. The van der Waals surface area contributed by atoms with Crippen LogP contribution < -0.4 is 5.32 Å². The summed E-state index contributed by atoms with van der Waals surface area (Å²) in [5.41, 5.74) is 0.365. The number of anilines is 1. The van der Waals surface area contributed by atoms with Crippen molar-refractivity contribution >= 4 is 17.4 Å². The second-order valence-corrected chi connectivity index (χ2v) is 5.67. The highest BCUT2D eigenvalue weighted by atomic mass is 35.5. The van der Waals surface area contributed by atoms with E-state index in [4.69, 9.17) is 16.9 Å². The van der Waals surface area contributed by atoms with Crippen molar-refractivity contribution in [3.8, 4) is 6.07 Å². The lowest BCUT2D eigenvalue weighted by atomic mass is 9.96. The van der Waals surface area contributed by atoms with Crippen LogP contribution in [0.3, 0.4) is 0 Å². The number of hydrogen-bond donors (Lipinski definition) is 1. The fraction of sp³-hybridized carbons (Fsp3) is 0.250. The number of nitrogens with zero attached hydrogens (tertiary/aromatic N) is 2. The molecule has 0 amide bonds. The van der Waals surface area contributed by atoms with Gasteiger partial charge in [0.15, 0.2) is 23.3 Å². The van der Waals surface area contributed by atoms with Crippen molar-refractivity contribution in [3.63, 3.8) is 0 Å². The Balaban J connectivity index is 2.39. The maximum Gasteiger partial charge on any atom is 0.166 e. The fourth-order valence-corrected chi connectivity index (χ4v) is 2.32. The van der Waals surface area contributed by atoms with E-state index in [0.29, 0.717) is 5.56 Å². The Labute approximate surface area is 136 Å². The molecule has 1 heterocycles. The third kappa shape index (κ3) is 3.74. The van der Waals surface area contributed by atoms with Crippen molar-refractivity contribution in [2.75, 3.05) is 5.32 Å². The summed E-state index contributed by atoms with van der Waals surface area (Å²) in [6, 6.07) is 5.67. The average Bonchev–Trinajstić information content (AvgIpc) is 2.50. The van der Waals surface area contributed by atoms with Crippen LogP contribution >= 0.6 is 11.6 Å². The number of hydrogen-bond acceptors (Lipinski definition) is 3. The van der Waals surface area contributed by atoms with E-state index in [9.17, 15) is 13.2 Å². The van der Waals surface area contributed by atoms with E-state index in [-0.39, 0.29) is 22.5 Å². The third-order valence-corrected chi connectivity index (χ3v) is 3.60. The highest BCUT2D eigenvalue weighted by molar-refractivity contribution is 6.30. The smallest absolute Gasteiger partial charge is 0.166 e. The van der Waals surface area contributed by atoms with Gasteiger partial charge in [-0.05, 0) is 29.7 Å². The SMILES string of the molecule is CC(C)[C@H](Nc1nc(Cl)c(C#N)cc1F)c1ccc(F)c(F)c1. The standard InChI is InChI=1S/C16H13ClF3N3/c1-8(2)14(9-3-4-11(18)12(19)5-9)22-16-13(20)6-10(7-21)15(17)23-16/h3-6,8,14H,1-2H3,(H,22,23)/t14-/m0/s1. The maximum absolute atomic E-state index is 14.0. The van der Waals surface area contributed by atoms with Crippen LogP contribution in [-0.4, -0.2) is 4.98 Å². The van der Waals surface area contributed by atoms with Gasteiger partial charge in [-0.1, -0.05) is 31.5 Å². The zero-order valence-electron chi connectivity index (χ0n) is 12.4. The second kappa shape index (κ2) is 6.88. The van der Waals surface area contributed by atoms with Gasteiger partial charge in [-0.3, -0.25) is 0 Å². The molecule has 0 aliphatic carbocycles. The van der Waals surface area contributed by atoms with E-state index in [1.807, 2.05) is 13.8 Å². The summed E-state index contributed by atoms with van der Waals surface area (Å²) in [5.74, 6) is -2.92. The van der Waals surface area contributed by atoms with Crippen molar-refractivity contribution < 1.29 is 13.2 Å². The molecule has 23 heavy (non-hydrogen) atoms. The summed E-state index contributed by atoms with van der Waals surface area (Å²) in [6.07, 6.45) is 0. The molecule has 0 fully saturated rings. The Kier molecular flexibility index (Phi) is 5.12. The van der Waals surface area contributed by atoms with Gasteiger partial charge in [0.2, 0.25) is 0 Å². The van der Waals surface area contributed by atoms with Crippen molar-refractivity contribution in [1.82, 2.24) is 4.98 Å². The second-order valence-electron chi connectivity index (χ2n) is 5.31. The molecule has 0 saturated carbocycles. The molecule has 2 aromatic rings. The molecule has 1 atom stereocenters. The fourth-order valence-electron chi connectivity index (χ4n) is 2.13. The highest BCUT2D eigenvalue weighted by Crippen LogP contribution is 2.29. The van der Waals surface area contributed by atoms with E-state index in [1.54, 1.807) is 6.07 Å². The molecule has 1 aromatic carbocycles. The van der Waals surface area contributed by atoms with Crippen LogP contribution in [0, 0.1) is 34.7 Å². The van der Waals surface area contributed by atoms with Gasteiger partial charge < -0.3 is 5.32 Å². The predicted molar refractivity (Wildman–Crippen MR) is 81.5 cm³/mol. The highest BCUT2D eigenvalue weighted by Gasteiger charge is 2.20. The topological polar surface area (TPSA) is 48.7 Å². The molecule has 3 nitrogen and oxygen atoms in total. The molecule has 0 radical (unpaired) electrons. The Morgan fingerprint density at radius 3 is 2.39 bits per heavy atom. The summed E-state index contributed by atoms with van der Waals surface area (Å²) in [4.78, 5) is 3.82. The summed E-state index contributed by atoms with van der Waals surface area (Å²) >= 11 is 5.81. The molecule has 0 aliphatic heterocycles. The Morgan fingerprint density at radius 1 is 1.13 bits per heavy atom. The van der Waals surface area contributed by atoms with Crippen molar-refractivity contribution in [1.29, 1.82) is 5.26 Å². The van der Waals surface area contributed by atoms with Crippen LogP contribution in [0.5, 0.6) is 0 Å². The number of benzene rings is 1. The van der Waals surface area contributed by atoms with Gasteiger partial charge in [0.1, 0.15) is 11.2 Å². The number of nitrogens with one attached hydrogen (secondary N) is 1. The predicted octanol–water partition coefficient (Wildman–Crippen LogP) is 4.83. The van der Waals surface area contributed by atoms with Crippen molar-refractivity contribution in [3.05, 3.63) is 58.0 Å². The molecule has 120 valence electrons. The van der Waals surface area contributed by atoms with E-state index in [2.05, 4.69) is 10.3 Å². The van der Waals surface area contributed by atoms with Gasteiger partial charge in [-0.15, -0.1) is 0 Å². The molecule has 0 bridgehead atoms. The van der Waals surface area contributed by atoms with Crippen LogP contribution in [0.1, 0.15) is 31.0 Å². The van der Waals surface area contributed by atoms with Gasteiger partial charge in [-0.2, -0.15) is 5.26 Å². The summed E-state index contributed by atoms with van der Waals surface area (Å²) in [6.45, 7) is 3.67. The number of pyridine rings is 1. The molecule has 0 spiro atoms. The van der Waals surface area contributed by atoms with Gasteiger partial charge in [0.05, 0.1) is 11.6 Å². The van der Waals surface area contributed by atoms with Crippen molar-refractivity contribution in [2.45, 2.75) is 19.9 Å². The summed E-state index contributed by atoms with van der Waals surface area (Å²) in [5, 5.41) is 11.5. The number of nitriles is 1. The van der Waals surface area contributed by atoms with E-state index in [0.717, 1.165) is 18.2 Å². The third-order valence-electron chi connectivity index (χ3n) is 3.31. The lowest BCUT2D eigenvalue weighted by Crippen LogP contribution is -2.19. The first-order valence-electron chi connectivity index (χ1n) is 6.81. The molecule has 1 aromatic heterocycles. The quantitative estimate of drug-likeness (QED) is 0.811. The van der Waals surface area contributed by atoms with Crippen LogP contribution in [0.4, 0.5) is 19.0 Å². The van der Waals surface area contributed by atoms with Gasteiger partial charge in [0, 0.05) is 0 Å². The van der Waals surface area contributed by atoms with Crippen LogP contribution in [0.15, 0.2) is 24.3 Å². The molecule has 2 rings (SSSR count). The number of aromatic nitrogens is 1. The molecule has 0 saturated heterocycles. The Hall–Kier alpha value is -2.26. The first kappa shape index (κ1) is 17.1. The van der Waals surface area contributed by atoms with Crippen molar-refractivity contribution in [2.24, 2.45) is 5.92 Å². The lowest BCUT2D eigenvalue weighted by Gasteiger charge is -2.24. The van der Waals surface area contributed by atoms with E-state index >= 15 is 0 Å². The van der Waals surface area contributed by atoms with Crippen LogP contribution in [0.2, 0.25) is 5.15 Å². The normalized spacial score (nSPS) is 12.1. The van der Waals surface area contributed by atoms with Gasteiger partial charge in [0.25, 0.3) is 0 Å². The lowest BCUT2D eigenvalue weighted by molar-refractivity contribution is 0.496. The molecular formula is C16H13ClF3N3. The van der Waals surface area contributed by atoms with Gasteiger partial charge >= 0.3 is 0 Å². The van der Waals surface area contributed by atoms with Crippen LogP contribution in [-0.2, 0) is 0 Å². The maximum atomic E-state index is 14.0. The number of halogens is 4. The number of rotatable bonds is 4. The Bertz CT molecular complexity index is 772. The molecule has 0 aliphatic rings. The zero-order valence-corrected chi connectivity index (χ0v) is 13.1. The zero-order chi connectivity index (χ0) is 17.1. The molecule has 0 unspecified atom stereocenters. The minimum absolute atomic E-state index is 0.0736. The van der Waals surface area contributed by atoms with Crippen LogP contribution in [0.25, 0.3) is 0 Å². The molecule has 7 heteroatoms. The van der Waals surface area contributed by atoms with E-state index < -0.39 is 23.5 Å². The largest absolute Gasteiger partial charge is 0.361 e. The van der Waals surface area contributed by atoms with E-state index in [1.165, 1.54) is 6.07 Å². The summed E-state index contributed by atoms with van der Waals surface area (Å²) < 4.78 is 40.5. The first-order valence-corrected chi connectivity index (χ1v) is 7.19. The first-order chi connectivity index (χ1) is 10.8. The monoisotopic (exact) mass is 339 g/mol.